The van der Waals surface area contributed by atoms with Crippen LogP contribution in [0.1, 0.15) is 23.2 Å². The Bertz CT molecular complexity index is 641. The topological polar surface area (TPSA) is 71.1 Å². The lowest BCUT2D eigenvalue weighted by Crippen LogP contribution is -2.54. The van der Waals surface area contributed by atoms with Crippen LogP contribution in [0, 0.1) is 0 Å². The lowest BCUT2D eigenvalue weighted by molar-refractivity contribution is -0.134. The fourth-order valence-electron chi connectivity index (χ4n) is 3.39. The normalized spacial score (nSPS) is 19.7. The van der Waals surface area contributed by atoms with Crippen LogP contribution in [0.25, 0.3) is 0 Å². The van der Waals surface area contributed by atoms with Gasteiger partial charge in [-0.05, 0) is 31.5 Å². The van der Waals surface area contributed by atoms with Crippen molar-refractivity contribution >= 4 is 24.2 Å². The van der Waals surface area contributed by atoms with Crippen LogP contribution in [0.2, 0.25) is 0 Å². The van der Waals surface area contributed by atoms with Gasteiger partial charge in [-0.3, -0.25) is 9.59 Å². The number of hydrogen-bond donors (Lipinski definition) is 1. The second-order valence-corrected chi connectivity index (χ2v) is 6.33. The van der Waals surface area contributed by atoms with E-state index in [1.165, 1.54) is 7.11 Å². The first kappa shape index (κ1) is 20.3. The zero-order valence-electron chi connectivity index (χ0n) is 15.2. The molecule has 26 heavy (non-hydrogen) atoms. The maximum absolute atomic E-state index is 12.8. The molecule has 2 heterocycles. The van der Waals surface area contributed by atoms with Gasteiger partial charge in [0.2, 0.25) is 5.91 Å². The van der Waals surface area contributed by atoms with Gasteiger partial charge in [-0.1, -0.05) is 0 Å². The smallest absolute Gasteiger partial charge is 0.257 e. The summed E-state index contributed by atoms with van der Waals surface area (Å²) in [4.78, 5) is 28.9. The summed E-state index contributed by atoms with van der Waals surface area (Å²) in [6.07, 6.45) is 1.95. The van der Waals surface area contributed by atoms with Crippen molar-refractivity contribution in [3.05, 3.63) is 23.8 Å². The van der Waals surface area contributed by atoms with Crippen LogP contribution >= 0.6 is 12.4 Å². The minimum Gasteiger partial charge on any atom is -0.497 e. The highest BCUT2D eigenvalue weighted by Crippen LogP contribution is 2.26. The Morgan fingerprint density at radius 2 is 1.77 bits per heavy atom. The molecule has 1 aromatic carbocycles. The van der Waals surface area contributed by atoms with E-state index in [0.717, 1.165) is 19.4 Å². The van der Waals surface area contributed by atoms with E-state index in [2.05, 4.69) is 5.32 Å². The van der Waals surface area contributed by atoms with Crippen molar-refractivity contribution in [1.29, 1.82) is 0 Å². The number of amides is 2. The summed E-state index contributed by atoms with van der Waals surface area (Å²) in [5, 5.41) is 3.24. The molecule has 2 aliphatic rings. The van der Waals surface area contributed by atoms with Crippen LogP contribution in [0.4, 0.5) is 0 Å². The van der Waals surface area contributed by atoms with Gasteiger partial charge in [0.25, 0.3) is 5.91 Å². The maximum atomic E-state index is 12.8. The Morgan fingerprint density at radius 3 is 2.35 bits per heavy atom. The second-order valence-electron chi connectivity index (χ2n) is 6.33. The molecular formula is C18H26ClN3O4. The molecule has 0 aliphatic carbocycles. The molecule has 0 saturated carbocycles. The standard InChI is InChI=1S/C18H25N3O4.ClH/c1-24-13-5-6-14(16(12-13)25-2)17(22)20-8-10-21(11-9-20)18(23)15-4-3-7-19-15;/h5-6,12,15,19H,3-4,7-11H2,1-2H3;1H. The van der Waals surface area contributed by atoms with Crippen molar-refractivity contribution in [2.24, 2.45) is 0 Å². The summed E-state index contributed by atoms with van der Waals surface area (Å²) in [6.45, 7) is 3.12. The van der Waals surface area contributed by atoms with Gasteiger partial charge in [0.15, 0.2) is 0 Å². The zero-order valence-corrected chi connectivity index (χ0v) is 16.0. The van der Waals surface area contributed by atoms with Gasteiger partial charge in [-0.2, -0.15) is 0 Å². The van der Waals surface area contributed by atoms with Crippen molar-refractivity contribution < 1.29 is 19.1 Å². The fraction of sp³-hybridized carbons (Fsp3) is 0.556. The molecule has 0 spiro atoms. The number of nitrogens with zero attached hydrogens (tertiary/aromatic N) is 2. The molecule has 1 unspecified atom stereocenters. The van der Waals surface area contributed by atoms with Crippen LogP contribution in [0.5, 0.6) is 11.5 Å². The average molecular weight is 384 g/mol. The SMILES string of the molecule is COc1ccc(C(=O)N2CCN(C(=O)C3CCCN3)CC2)c(OC)c1.Cl. The molecule has 2 aliphatic heterocycles. The van der Waals surface area contributed by atoms with E-state index in [1.54, 1.807) is 30.2 Å². The van der Waals surface area contributed by atoms with Gasteiger partial charge in [-0.15, -0.1) is 12.4 Å². The molecule has 0 radical (unpaired) electrons. The number of methoxy groups -OCH3 is 2. The summed E-state index contributed by atoms with van der Waals surface area (Å²) in [5.74, 6) is 1.23. The largest absolute Gasteiger partial charge is 0.497 e. The summed E-state index contributed by atoms with van der Waals surface area (Å²) < 4.78 is 10.5. The van der Waals surface area contributed by atoms with E-state index in [1.807, 2.05) is 4.90 Å². The quantitative estimate of drug-likeness (QED) is 0.844. The van der Waals surface area contributed by atoms with Crippen LogP contribution in [-0.4, -0.2) is 74.6 Å². The van der Waals surface area contributed by atoms with Crippen molar-refractivity contribution in [2.75, 3.05) is 46.9 Å². The molecule has 1 aromatic rings. The molecule has 144 valence electrons. The van der Waals surface area contributed by atoms with Gasteiger partial charge in [0, 0.05) is 32.2 Å². The van der Waals surface area contributed by atoms with Gasteiger partial charge < -0.3 is 24.6 Å². The van der Waals surface area contributed by atoms with Gasteiger partial charge in [0.1, 0.15) is 11.5 Å². The van der Waals surface area contributed by atoms with Gasteiger partial charge in [-0.25, -0.2) is 0 Å². The lowest BCUT2D eigenvalue weighted by Gasteiger charge is -2.36. The molecular weight excluding hydrogens is 358 g/mol. The van der Waals surface area contributed by atoms with Crippen LogP contribution in [0.3, 0.4) is 0 Å². The molecule has 8 heteroatoms. The minimum absolute atomic E-state index is 0. The minimum atomic E-state index is -0.0782. The van der Waals surface area contributed by atoms with Crippen LogP contribution in [0.15, 0.2) is 18.2 Å². The molecule has 2 amide bonds. The van der Waals surface area contributed by atoms with E-state index in [9.17, 15) is 9.59 Å². The summed E-state index contributed by atoms with van der Waals surface area (Å²) in [6, 6.07) is 5.13. The highest BCUT2D eigenvalue weighted by atomic mass is 35.5. The number of benzene rings is 1. The first-order valence-electron chi connectivity index (χ1n) is 8.67. The Labute approximate surface area is 160 Å². The number of halogens is 1. The van der Waals surface area contributed by atoms with Crippen LogP contribution < -0.4 is 14.8 Å². The Kier molecular flexibility index (Phi) is 7.11. The van der Waals surface area contributed by atoms with Crippen molar-refractivity contribution in [1.82, 2.24) is 15.1 Å². The predicted octanol–water partition coefficient (Wildman–Crippen LogP) is 1.16. The first-order valence-corrected chi connectivity index (χ1v) is 8.67. The molecule has 0 bridgehead atoms. The van der Waals surface area contributed by atoms with E-state index in [0.29, 0.717) is 43.2 Å². The number of piperazine rings is 1. The first-order chi connectivity index (χ1) is 12.1. The summed E-state index contributed by atoms with van der Waals surface area (Å²) in [5.41, 5.74) is 0.514. The van der Waals surface area contributed by atoms with E-state index in [4.69, 9.17) is 9.47 Å². The number of hydrogen-bond acceptors (Lipinski definition) is 5. The summed E-state index contributed by atoms with van der Waals surface area (Å²) >= 11 is 0. The molecule has 2 saturated heterocycles. The number of carbonyl (C=O) groups excluding carboxylic acids is 2. The monoisotopic (exact) mass is 383 g/mol. The second kappa shape index (κ2) is 9.09. The highest BCUT2D eigenvalue weighted by molar-refractivity contribution is 5.97. The molecule has 1 N–H and O–H groups in total. The average Bonchev–Trinajstić information content (AvgIpc) is 3.21. The van der Waals surface area contributed by atoms with Crippen molar-refractivity contribution in [3.63, 3.8) is 0 Å². The van der Waals surface area contributed by atoms with E-state index >= 15 is 0 Å². The Morgan fingerprint density at radius 1 is 1.08 bits per heavy atom. The molecule has 1 atom stereocenters. The third-order valence-corrected chi connectivity index (χ3v) is 4.88. The summed E-state index contributed by atoms with van der Waals surface area (Å²) in [7, 11) is 3.11. The Balaban J connectivity index is 0.00000243. The number of rotatable bonds is 4. The van der Waals surface area contributed by atoms with Gasteiger partial charge >= 0.3 is 0 Å². The third kappa shape index (κ3) is 4.22. The van der Waals surface area contributed by atoms with Crippen molar-refractivity contribution in [3.8, 4) is 11.5 Å². The van der Waals surface area contributed by atoms with Crippen molar-refractivity contribution in [2.45, 2.75) is 18.9 Å². The highest BCUT2D eigenvalue weighted by Gasteiger charge is 2.31. The van der Waals surface area contributed by atoms with E-state index < -0.39 is 0 Å². The molecule has 0 aromatic heterocycles. The number of nitrogens with one attached hydrogen (secondary N) is 1. The Hall–Kier alpha value is -1.99. The van der Waals surface area contributed by atoms with Crippen LogP contribution in [-0.2, 0) is 4.79 Å². The lowest BCUT2D eigenvalue weighted by atomic mass is 10.1. The molecule has 7 nitrogen and oxygen atoms in total. The fourth-order valence-corrected chi connectivity index (χ4v) is 3.39. The molecule has 3 rings (SSSR count). The zero-order chi connectivity index (χ0) is 17.8. The third-order valence-electron chi connectivity index (χ3n) is 4.88. The maximum Gasteiger partial charge on any atom is 0.257 e. The number of ether oxygens (including phenoxy) is 2. The van der Waals surface area contributed by atoms with E-state index in [-0.39, 0.29) is 30.3 Å². The number of carbonyl (C=O) groups is 2. The van der Waals surface area contributed by atoms with Gasteiger partial charge in [0.05, 0.1) is 25.8 Å². The predicted molar refractivity (Wildman–Crippen MR) is 100 cm³/mol. The molecule has 2 fully saturated rings.